The highest BCUT2D eigenvalue weighted by Gasteiger charge is 2.37. The lowest BCUT2D eigenvalue weighted by atomic mass is 10.0. The summed E-state index contributed by atoms with van der Waals surface area (Å²) >= 11 is 0. The molecule has 0 aromatic carbocycles. The monoisotopic (exact) mass is 167 g/mol. The van der Waals surface area contributed by atoms with Gasteiger partial charge in [0.15, 0.2) is 0 Å². The van der Waals surface area contributed by atoms with Crippen LogP contribution in [0.1, 0.15) is 13.3 Å². The molecule has 2 saturated heterocycles. The van der Waals surface area contributed by atoms with E-state index < -0.39 is 0 Å². The number of hydrogen-bond donors (Lipinski definition) is 0. The van der Waals surface area contributed by atoms with Crippen molar-refractivity contribution in [2.45, 2.75) is 13.3 Å². The Bertz CT molecular complexity index is 181. The van der Waals surface area contributed by atoms with Crippen molar-refractivity contribution < 1.29 is 4.79 Å². The molecule has 0 bridgehead atoms. The maximum Gasteiger partial charge on any atom is 0.222 e. The second-order valence-corrected chi connectivity index (χ2v) is 3.76. The van der Waals surface area contributed by atoms with Gasteiger partial charge in [-0.15, -0.1) is 0 Å². The van der Waals surface area contributed by atoms with Crippen molar-refractivity contribution in [3.05, 3.63) is 0 Å². The van der Waals surface area contributed by atoms with Crippen LogP contribution in [0.2, 0.25) is 0 Å². The van der Waals surface area contributed by atoms with Crippen LogP contribution in [0.4, 0.5) is 0 Å². The highest BCUT2D eigenvalue weighted by Crippen LogP contribution is 2.27. The molecule has 3 heteroatoms. The van der Waals surface area contributed by atoms with E-state index in [1.165, 1.54) is 0 Å². The van der Waals surface area contributed by atoms with E-state index in [1.54, 1.807) is 0 Å². The first-order valence-corrected chi connectivity index (χ1v) is 4.72. The Morgan fingerprint density at radius 1 is 1.42 bits per heavy atom. The van der Waals surface area contributed by atoms with Crippen molar-refractivity contribution >= 4 is 5.91 Å². The SMILES string of the molecule is CCC(=O)N1CC2C[N]CC2C1. The third-order valence-corrected chi connectivity index (χ3v) is 2.96. The quantitative estimate of drug-likeness (QED) is 0.545. The van der Waals surface area contributed by atoms with Crippen LogP contribution in [0, 0.1) is 11.8 Å². The van der Waals surface area contributed by atoms with Crippen LogP contribution in [-0.2, 0) is 4.79 Å². The number of nitrogens with zero attached hydrogens (tertiary/aromatic N) is 2. The third-order valence-electron chi connectivity index (χ3n) is 2.96. The standard InChI is InChI=1S/C9H15N2O/c1-2-9(12)11-5-7-3-10-4-8(7)6-11/h7-8H,2-6H2,1H3. The second kappa shape index (κ2) is 3.05. The Morgan fingerprint density at radius 3 is 2.50 bits per heavy atom. The number of rotatable bonds is 1. The lowest BCUT2D eigenvalue weighted by Gasteiger charge is -2.15. The van der Waals surface area contributed by atoms with Crippen molar-refractivity contribution in [3.8, 4) is 0 Å². The average molecular weight is 167 g/mol. The van der Waals surface area contributed by atoms with Gasteiger partial charge in [0.05, 0.1) is 0 Å². The molecule has 2 rings (SSSR count). The van der Waals surface area contributed by atoms with Gasteiger partial charge in [-0.2, -0.15) is 0 Å². The Hall–Kier alpha value is -0.570. The molecule has 2 aliphatic heterocycles. The molecule has 67 valence electrons. The van der Waals surface area contributed by atoms with E-state index >= 15 is 0 Å². The predicted octanol–water partition coefficient (Wildman–Crippen LogP) is 0.0890. The molecule has 1 amide bonds. The van der Waals surface area contributed by atoms with E-state index in [4.69, 9.17) is 0 Å². The third kappa shape index (κ3) is 1.22. The first-order valence-electron chi connectivity index (χ1n) is 4.72. The lowest BCUT2D eigenvalue weighted by molar-refractivity contribution is -0.130. The minimum absolute atomic E-state index is 0.310. The summed E-state index contributed by atoms with van der Waals surface area (Å²) in [6.45, 7) is 5.82. The molecular formula is C9H15N2O. The number of amides is 1. The molecule has 0 spiro atoms. The highest BCUT2D eigenvalue weighted by atomic mass is 16.2. The molecule has 0 aromatic rings. The summed E-state index contributed by atoms with van der Waals surface area (Å²) in [4.78, 5) is 13.3. The first kappa shape index (κ1) is 8.05. The smallest absolute Gasteiger partial charge is 0.222 e. The molecule has 0 N–H and O–H groups in total. The van der Waals surface area contributed by atoms with E-state index in [2.05, 4.69) is 5.32 Å². The van der Waals surface area contributed by atoms with Crippen LogP contribution in [0.25, 0.3) is 0 Å². The largest absolute Gasteiger partial charge is 0.342 e. The van der Waals surface area contributed by atoms with E-state index in [9.17, 15) is 4.79 Å². The number of carbonyl (C=O) groups excluding carboxylic acids is 1. The molecule has 2 heterocycles. The van der Waals surface area contributed by atoms with Gasteiger partial charge in [-0.25, -0.2) is 5.32 Å². The zero-order valence-corrected chi connectivity index (χ0v) is 7.49. The molecule has 0 aromatic heterocycles. The molecular weight excluding hydrogens is 152 g/mol. The van der Waals surface area contributed by atoms with Gasteiger partial charge in [0, 0.05) is 32.6 Å². The van der Waals surface area contributed by atoms with Gasteiger partial charge >= 0.3 is 0 Å². The summed E-state index contributed by atoms with van der Waals surface area (Å²) in [6.07, 6.45) is 0.649. The van der Waals surface area contributed by atoms with E-state index in [0.29, 0.717) is 24.2 Å². The van der Waals surface area contributed by atoms with Gasteiger partial charge in [0.1, 0.15) is 0 Å². The summed E-state index contributed by atoms with van der Waals surface area (Å²) in [6, 6.07) is 0. The van der Waals surface area contributed by atoms with Gasteiger partial charge in [0.25, 0.3) is 0 Å². The summed E-state index contributed by atoms with van der Waals surface area (Å²) in [5.74, 6) is 1.67. The van der Waals surface area contributed by atoms with Gasteiger partial charge in [0.2, 0.25) is 5.91 Å². The molecule has 12 heavy (non-hydrogen) atoms. The Kier molecular flexibility index (Phi) is 2.05. The summed E-state index contributed by atoms with van der Waals surface area (Å²) < 4.78 is 0. The molecule has 3 nitrogen and oxygen atoms in total. The van der Waals surface area contributed by atoms with Crippen LogP contribution in [-0.4, -0.2) is 37.0 Å². The molecule has 2 atom stereocenters. The summed E-state index contributed by atoms with van der Waals surface area (Å²) in [7, 11) is 0. The van der Waals surface area contributed by atoms with Crippen LogP contribution < -0.4 is 5.32 Å². The Balaban J connectivity index is 1.94. The Labute approximate surface area is 73.1 Å². The molecule has 0 aliphatic carbocycles. The average Bonchev–Trinajstić information content (AvgIpc) is 2.60. The summed E-state index contributed by atoms with van der Waals surface area (Å²) in [5.41, 5.74) is 0. The van der Waals surface area contributed by atoms with Gasteiger partial charge in [-0.1, -0.05) is 6.92 Å². The van der Waals surface area contributed by atoms with E-state index in [0.717, 1.165) is 26.2 Å². The van der Waals surface area contributed by atoms with Gasteiger partial charge in [-0.3, -0.25) is 4.79 Å². The lowest BCUT2D eigenvalue weighted by Crippen LogP contribution is -2.30. The van der Waals surface area contributed by atoms with Crippen LogP contribution >= 0.6 is 0 Å². The first-order chi connectivity index (χ1) is 5.81. The second-order valence-electron chi connectivity index (χ2n) is 3.76. The van der Waals surface area contributed by atoms with Crippen LogP contribution in [0.5, 0.6) is 0 Å². The Morgan fingerprint density at radius 2 is 2.00 bits per heavy atom. The summed E-state index contributed by atoms with van der Waals surface area (Å²) in [5, 5.41) is 4.35. The molecule has 0 saturated carbocycles. The number of hydrogen-bond acceptors (Lipinski definition) is 1. The number of fused-ring (bicyclic) bond motifs is 1. The number of likely N-dealkylation sites (tertiary alicyclic amines) is 1. The van der Waals surface area contributed by atoms with Crippen LogP contribution in [0.3, 0.4) is 0 Å². The highest BCUT2D eigenvalue weighted by molar-refractivity contribution is 5.76. The van der Waals surface area contributed by atoms with Crippen molar-refractivity contribution in [2.75, 3.05) is 26.2 Å². The number of carbonyl (C=O) groups is 1. The van der Waals surface area contributed by atoms with Gasteiger partial charge < -0.3 is 4.90 Å². The fraction of sp³-hybridized carbons (Fsp3) is 0.889. The van der Waals surface area contributed by atoms with Crippen molar-refractivity contribution in [3.63, 3.8) is 0 Å². The van der Waals surface area contributed by atoms with Gasteiger partial charge in [-0.05, 0) is 11.8 Å². The molecule has 2 unspecified atom stereocenters. The fourth-order valence-electron chi connectivity index (χ4n) is 2.19. The molecule has 1 radical (unpaired) electrons. The topological polar surface area (TPSA) is 34.4 Å². The van der Waals surface area contributed by atoms with E-state index in [1.807, 2.05) is 11.8 Å². The van der Waals surface area contributed by atoms with Crippen LogP contribution in [0.15, 0.2) is 0 Å². The minimum Gasteiger partial charge on any atom is -0.342 e. The van der Waals surface area contributed by atoms with Crippen molar-refractivity contribution in [1.29, 1.82) is 0 Å². The van der Waals surface area contributed by atoms with E-state index in [-0.39, 0.29) is 0 Å². The zero-order valence-electron chi connectivity index (χ0n) is 7.49. The zero-order chi connectivity index (χ0) is 8.55. The fourth-order valence-corrected chi connectivity index (χ4v) is 2.19. The predicted molar refractivity (Wildman–Crippen MR) is 45.7 cm³/mol. The van der Waals surface area contributed by atoms with Crippen molar-refractivity contribution in [2.24, 2.45) is 11.8 Å². The maximum atomic E-state index is 11.3. The normalized spacial score (nSPS) is 33.9. The van der Waals surface area contributed by atoms with Crippen molar-refractivity contribution in [1.82, 2.24) is 10.2 Å². The molecule has 2 aliphatic rings. The maximum absolute atomic E-state index is 11.3. The minimum atomic E-state index is 0.310. The molecule has 2 fully saturated rings.